The lowest BCUT2D eigenvalue weighted by Crippen LogP contribution is -2.30. The highest BCUT2D eigenvalue weighted by atomic mass is 16.6. The monoisotopic (exact) mass is 1030 g/mol. The molecule has 0 radical (unpaired) electrons. The molecule has 420 valence electrons. The molecule has 0 amide bonds. The van der Waals surface area contributed by atoms with Crippen molar-refractivity contribution in [3.63, 3.8) is 0 Å². The molecular formula is C69H108O6. The minimum atomic E-state index is -0.848. The van der Waals surface area contributed by atoms with Crippen molar-refractivity contribution in [2.24, 2.45) is 0 Å². The number of unbranched alkanes of at least 4 members (excludes halogenated alkanes) is 16. The zero-order chi connectivity index (χ0) is 54.3. The van der Waals surface area contributed by atoms with E-state index in [1.54, 1.807) is 6.08 Å². The van der Waals surface area contributed by atoms with Crippen molar-refractivity contribution in [2.75, 3.05) is 13.2 Å². The van der Waals surface area contributed by atoms with E-state index in [0.717, 1.165) is 135 Å². The Morgan fingerprint density at radius 1 is 0.293 bits per heavy atom. The number of carbonyl (C=O) groups excluding carboxylic acids is 3. The van der Waals surface area contributed by atoms with E-state index in [0.29, 0.717) is 19.3 Å². The molecule has 0 heterocycles. The number of hydrogen-bond acceptors (Lipinski definition) is 6. The quantitative estimate of drug-likeness (QED) is 0.0261. The lowest BCUT2D eigenvalue weighted by molar-refractivity contribution is -0.166. The van der Waals surface area contributed by atoms with Crippen LogP contribution in [0.1, 0.15) is 239 Å². The third-order valence-corrected chi connectivity index (χ3v) is 12.0. The zero-order valence-electron chi connectivity index (χ0n) is 48.0. The summed E-state index contributed by atoms with van der Waals surface area (Å²) >= 11 is 0. The first-order valence-electron chi connectivity index (χ1n) is 30.0. The lowest BCUT2D eigenvalue weighted by Gasteiger charge is -2.18. The van der Waals surface area contributed by atoms with Crippen LogP contribution >= 0.6 is 0 Å². The Balaban J connectivity index is 4.42. The highest BCUT2D eigenvalue weighted by Gasteiger charge is 2.19. The maximum atomic E-state index is 12.8. The van der Waals surface area contributed by atoms with Gasteiger partial charge in [0.25, 0.3) is 0 Å². The van der Waals surface area contributed by atoms with E-state index in [4.69, 9.17) is 14.2 Å². The molecule has 0 saturated heterocycles. The Bertz CT molecular complexity index is 1710. The van der Waals surface area contributed by atoms with Crippen LogP contribution in [0.2, 0.25) is 0 Å². The first-order chi connectivity index (χ1) is 37.0. The van der Waals surface area contributed by atoms with Gasteiger partial charge < -0.3 is 14.2 Å². The number of ether oxygens (including phenoxy) is 3. The average molecular weight is 1030 g/mol. The number of rotatable bonds is 52. The Kier molecular flexibility index (Phi) is 57.5. The van der Waals surface area contributed by atoms with Crippen LogP contribution in [0.3, 0.4) is 0 Å². The minimum absolute atomic E-state index is 0.0857. The molecule has 0 fully saturated rings. The summed E-state index contributed by atoms with van der Waals surface area (Å²) in [5.74, 6) is -1.09. The Morgan fingerprint density at radius 2 is 0.560 bits per heavy atom. The molecule has 6 nitrogen and oxygen atoms in total. The van der Waals surface area contributed by atoms with Crippen molar-refractivity contribution in [1.82, 2.24) is 0 Å². The summed E-state index contributed by atoms with van der Waals surface area (Å²) < 4.78 is 16.7. The molecule has 0 aromatic carbocycles. The molecule has 0 aliphatic rings. The van der Waals surface area contributed by atoms with Crippen LogP contribution in [0.4, 0.5) is 0 Å². The molecule has 75 heavy (non-hydrogen) atoms. The standard InChI is InChI=1S/C69H108O6/c1-4-7-10-13-16-19-22-25-27-28-29-30-31-32-33-34-35-36-37-38-39-40-42-44-47-50-53-56-59-62-68(71)74-65-66(64-73-67(70)61-58-55-52-49-46-43-24-21-18-15-12-9-6-3)75-69(72)63-60-57-54-51-48-45-41-26-23-20-17-14-11-8-5-2/h7-8,10-11,16-17,19-21,24-27,29-30,32-33,35-36,38-39,41,48,51,57,60,66H,4-6,9,12-15,18,22-23,28,31,34,37,40,42-47,49-50,52-56,58-59,61-65H2,1-3H3/b10-7-,11-8-,19-16-,20-17-,24-21-,27-25-,30-29-,33-32-,36-35-,39-38-,41-26-,51-48-,60-57-. The van der Waals surface area contributed by atoms with Gasteiger partial charge in [-0.05, 0) is 128 Å². The summed E-state index contributed by atoms with van der Waals surface area (Å²) in [6.45, 7) is 6.28. The van der Waals surface area contributed by atoms with Crippen molar-refractivity contribution in [3.05, 3.63) is 158 Å². The highest BCUT2D eigenvalue weighted by Crippen LogP contribution is 2.13. The summed E-state index contributed by atoms with van der Waals surface area (Å²) in [5.41, 5.74) is 0. The fraction of sp³-hybridized carbons (Fsp3) is 0.580. The molecule has 1 unspecified atom stereocenters. The number of esters is 3. The van der Waals surface area contributed by atoms with Gasteiger partial charge in [-0.25, -0.2) is 0 Å². The van der Waals surface area contributed by atoms with Gasteiger partial charge in [0.15, 0.2) is 6.10 Å². The third kappa shape index (κ3) is 59.8. The summed E-state index contributed by atoms with van der Waals surface area (Å²) in [4.78, 5) is 38.1. The molecule has 0 spiro atoms. The summed E-state index contributed by atoms with van der Waals surface area (Å²) in [5, 5.41) is 0. The van der Waals surface area contributed by atoms with Crippen molar-refractivity contribution >= 4 is 17.9 Å². The first kappa shape index (κ1) is 70.0. The Labute approximate surface area is 460 Å². The smallest absolute Gasteiger partial charge is 0.310 e. The van der Waals surface area contributed by atoms with Gasteiger partial charge in [-0.2, -0.15) is 0 Å². The van der Waals surface area contributed by atoms with Gasteiger partial charge in [-0.3, -0.25) is 14.4 Å². The SMILES string of the molecule is CC/C=C\C/C=C\C/C=C\C/C=C\C/C=C\C/C=C\C/C=C\CCCCCCCCCC(=O)OCC(COC(=O)CCCCCCC/C=C\CCCCCC)OC(=O)C/C=C\C/C=C\C/C=C\C/C=C\C/C=C\CC. The molecule has 0 N–H and O–H groups in total. The number of hydrogen-bond donors (Lipinski definition) is 0. The van der Waals surface area contributed by atoms with Gasteiger partial charge in [0.2, 0.25) is 0 Å². The normalized spacial score (nSPS) is 13.3. The molecule has 0 aliphatic carbocycles. The fourth-order valence-corrected chi connectivity index (χ4v) is 7.61. The van der Waals surface area contributed by atoms with Gasteiger partial charge in [0.05, 0.1) is 6.42 Å². The van der Waals surface area contributed by atoms with Gasteiger partial charge >= 0.3 is 17.9 Å². The van der Waals surface area contributed by atoms with Crippen molar-refractivity contribution in [2.45, 2.75) is 245 Å². The number of carbonyl (C=O) groups is 3. The van der Waals surface area contributed by atoms with E-state index in [-0.39, 0.29) is 31.6 Å². The van der Waals surface area contributed by atoms with Crippen LogP contribution in [-0.4, -0.2) is 37.2 Å². The van der Waals surface area contributed by atoms with Crippen LogP contribution in [0, 0.1) is 0 Å². The second-order valence-corrected chi connectivity index (χ2v) is 19.2. The van der Waals surface area contributed by atoms with Crippen LogP contribution in [0.25, 0.3) is 0 Å². The van der Waals surface area contributed by atoms with Crippen molar-refractivity contribution in [3.8, 4) is 0 Å². The molecule has 0 bridgehead atoms. The summed E-state index contributed by atoms with van der Waals surface area (Å²) in [6.07, 6.45) is 89.8. The highest BCUT2D eigenvalue weighted by molar-refractivity contribution is 5.72. The minimum Gasteiger partial charge on any atom is -0.462 e. The van der Waals surface area contributed by atoms with Crippen LogP contribution in [0.15, 0.2) is 158 Å². The molecule has 0 aromatic heterocycles. The van der Waals surface area contributed by atoms with Crippen molar-refractivity contribution in [1.29, 1.82) is 0 Å². The average Bonchev–Trinajstić information content (AvgIpc) is 3.41. The maximum Gasteiger partial charge on any atom is 0.310 e. The predicted molar refractivity (Wildman–Crippen MR) is 325 cm³/mol. The number of allylic oxidation sites excluding steroid dienone is 25. The predicted octanol–water partition coefficient (Wildman–Crippen LogP) is 20.5. The van der Waals surface area contributed by atoms with E-state index in [1.165, 1.54) is 57.8 Å². The molecule has 0 saturated carbocycles. The Hall–Kier alpha value is -4.97. The van der Waals surface area contributed by atoms with Crippen LogP contribution < -0.4 is 0 Å². The molecule has 0 aliphatic heterocycles. The van der Waals surface area contributed by atoms with E-state index < -0.39 is 12.1 Å². The second-order valence-electron chi connectivity index (χ2n) is 19.2. The van der Waals surface area contributed by atoms with Gasteiger partial charge in [-0.1, -0.05) is 249 Å². The van der Waals surface area contributed by atoms with Gasteiger partial charge in [0, 0.05) is 12.8 Å². The molecule has 0 rings (SSSR count). The molecule has 6 heteroatoms. The zero-order valence-corrected chi connectivity index (χ0v) is 48.0. The van der Waals surface area contributed by atoms with E-state index >= 15 is 0 Å². The third-order valence-electron chi connectivity index (χ3n) is 12.0. The van der Waals surface area contributed by atoms with E-state index in [9.17, 15) is 14.4 Å². The van der Waals surface area contributed by atoms with Crippen LogP contribution in [-0.2, 0) is 28.6 Å². The summed E-state index contributed by atoms with van der Waals surface area (Å²) in [7, 11) is 0. The second kappa shape index (κ2) is 61.6. The van der Waals surface area contributed by atoms with Gasteiger partial charge in [0.1, 0.15) is 13.2 Å². The van der Waals surface area contributed by atoms with Crippen LogP contribution in [0.5, 0.6) is 0 Å². The summed E-state index contributed by atoms with van der Waals surface area (Å²) in [6, 6.07) is 0. The molecule has 0 aromatic rings. The van der Waals surface area contributed by atoms with E-state index in [2.05, 4.69) is 167 Å². The molecular weight excluding hydrogens is 925 g/mol. The first-order valence-corrected chi connectivity index (χ1v) is 30.0. The fourth-order valence-electron chi connectivity index (χ4n) is 7.61. The van der Waals surface area contributed by atoms with Gasteiger partial charge in [-0.15, -0.1) is 0 Å². The van der Waals surface area contributed by atoms with Crippen molar-refractivity contribution < 1.29 is 28.6 Å². The Morgan fingerprint density at radius 3 is 0.893 bits per heavy atom. The maximum absolute atomic E-state index is 12.8. The van der Waals surface area contributed by atoms with E-state index in [1.807, 2.05) is 6.08 Å². The largest absolute Gasteiger partial charge is 0.462 e. The topological polar surface area (TPSA) is 78.9 Å². The lowest BCUT2D eigenvalue weighted by atomic mass is 10.1. The molecule has 1 atom stereocenters.